The molecule has 1 aliphatic rings. The summed E-state index contributed by atoms with van der Waals surface area (Å²) in [4.78, 5) is 14.4. The number of hydrogen-bond acceptors (Lipinski definition) is 3. The van der Waals surface area contributed by atoms with Crippen LogP contribution >= 0.6 is 0 Å². The molecule has 2 aromatic rings. The van der Waals surface area contributed by atoms with Crippen molar-refractivity contribution in [2.24, 2.45) is 0 Å². The van der Waals surface area contributed by atoms with Crippen molar-refractivity contribution in [3.8, 4) is 0 Å². The third-order valence-electron chi connectivity index (χ3n) is 4.96. The van der Waals surface area contributed by atoms with Crippen LogP contribution in [0.15, 0.2) is 71.1 Å². The Labute approximate surface area is 167 Å². The molecule has 6 heteroatoms. The molecular weight excluding hydrogens is 372 g/mol. The van der Waals surface area contributed by atoms with Crippen molar-refractivity contribution in [2.45, 2.75) is 37.0 Å². The fraction of sp³-hybridized carbons (Fsp3) is 0.318. The lowest BCUT2D eigenvalue weighted by atomic mass is 9.97. The molecule has 0 aromatic heterocycles. The van der Waals surface area contributed by atoms with Crippen LogP contribution in [0.1, 0.15) is 42.5 Å². The second-order valence-corrected chi connectivity index (χ2v) is 8.75. The van der Waals surface area contributed by atoms with Crippen molar-refractivity contribution < 1.29 is 13.2 Å². The minimum atomic E-state index is -3.66. The average Bonchev–Trinajstić information content (AvgIpc) is 2.74. The van der Waals surface area contributed by atoms with Crippen LogP contribution < -0.4 is 9.62 Å². The van der Waals surface area contributed by atoms with E-state index in [9.17, 15) is 13.2 Å². The number of para-hydroxylation sites is 1. The highest BCUT2D eigenvalue weighted by Gasteiger charge is 2.18. The van der Waals surface area contributed by atoms with Crippen molar-refractivity contribution in [3.63, 3.8) is 0 Å². The summed E-state index contributed by atoms with van der Waals surface area (Å²) in [7, 11) is -1.98. The first-order valence-corrected chi connectivity index (χ1v) is 11.1. The summed E-state index contributed by atoms with van der Waals surface area (Å²) in [6, 6.07) is 15.4. The molecular formula is C22H26N2O3S. The maximum absolute atomic E-state index is 12.7. The second kappa shape index (κ2) is 9.17. The fourth-order valence-corrected chi connectivity index (χ4v) is 4.40. The Bertz CT molecular complexity index is 953. The predicted octanol–water partition coefficient (Wildman–Crippen LogP) is 4.13. The number of allylic oxidation sites excluding steroid dienone is 1. The molecule has 0 saturated heterocycles. The van der Waals surface area contributed by atoms with Crippen LogP contribution in [-0.4, -0.2) is 27.9 Å². The molecule has 148 valence electrons. The number of anilines is 1. The lowest BCUT2D eigenvalue weighted by molar-refractivity contribution is 0.0993. The maximum atomic E-state index is 12.7. The molecule has 2 aromatic carbocycles. The third kappa shape index (κ3) is 5.09. The molecule has 1 aliphatic carbocycles. The molecule has 0 unspecified atom stereocenters. The van der Waals surface area contributed by atoms with Crippen LogP contribution in [0.4, 0.5) is 5.69 Å². The number of carbonyl (C=O) groups is 1. The zero-order chi connectivity index (χ0) is 20.0. The molecule has 0 atom stereocenters. The SMILES string of the molecule is CN(C(=O)c1cccc(S(=O)(=O)NCCC2=CCCCC2)c1)c1ccccc1. The zero-order valence-electron chi connectivity index (χ0n) is 16.1. The highest BCUT2D eigenvalue weighted by atomic mass is 32.2. The predicted molar refractivity (Wildman–Crippen MR) is 112 cm³/mol. The van der Waals surface area contributed by atoms with Crippen LogP contribution in [0.25, 0.3) is 0 Å². The van der Waals surface area contributed by atoms with Gasteiger partial charge in [-0.1, -0.05) is 35.9 Å². The van der Waals surface area contributed by atoms with Gasteiger partial charge in [-0.05, 0) is 62.4 Å². The van der Waals surface area contributed by atoms with Crippen LogP contribution in [0.2, 0.25) is 0 Å². The van der Waals surface area contributed by atoms with E-state index in [-0.39, 0.29) is 10.8 Å². The van der Waals surface area contributed by atoms with E-state index in [1.807, 2.05) is 30.3 Å². The summed E-state index contributed by atoms with van der Waals surface area (Å²) in [5, 5.41) is 0. The van der Waals surface area contributed by atoms with Gasteiger partial charge in [0.2, 0.25) is 10.0 Å². The Balaban J connectivity index is 1.69. The van der Waals surface area contributed by atoms with Gasteiger partial charge >= 0.3 is 0 Å². The first-order valence-electron chi connectivity index (χ1n) is 9.58. The molecule has 3 rings (SSSR count). The molecule has 0 aliphatic heterocycles. The van der Waals surface area contributed by atoms with Gasteiger partial charge < -0.3 is 4.90 Å². The number of rotatable bonds is 7. The Morgan fingerprint density at radius 1 is 1.07 bits per heavy atom. The van der Waals surface area contributed by atoms with E-state index in [1.54, 1.807) is 19.2 Å². The van der Waals surface area contributed by atoms with Gasteiger partial charge in [0.1, 0.15) is 0 Å². The van der Waals surface area contributed by atoms with Crippen molar-refractivity contribution in [2.75, 3.05) is 18.5 Å². The Hall–Kier alpha value is -2.44. The summed E-state index contributed by atoms with van der Waals surface area (Å²) in [5.74, 6) is -0.254. The lowest BCUT2D eigenvalue weighted by Crippen LogP contribution is -2.28. The Morgan fingerprint density at radius 3 is 2.57 bits per heavy atom. The highest BCUT2D eigenvalue weighted by Crippen LogP contribution is 2.20. The van der Waals surface area contributed by atoms with Crippen molar-refractivity contribution in [3.05, 3.63) is 71.8 Å². The largest absolute Gasteiger partial charge is 0.311 e. The summed E-state index contributed by atoms with van der Waals surface area (Å²) in [5.41, 5.74) is 2.41. The smallest absolute Gasteiger partial charge is 0.258 e. The van der Waals surface area contributed by atoms with Gasteiger partial charge in [0.25, 0.3) is 5.91 Å². The quantitative estimate of drug-likeness (QED) is 0.713. The molecule has 0 heterocycles. The number of hydrogen-bond donors (Lipinski definition) is 1. The summed E-state index contributed by atoms with van der Waals surface area (Å²) in [6.45, 7) is 0.371. The molecule has 0 spiro atoms. The fourth-order valence-electron chi connectivity index (χ4n) is 3.32. The number of carbonyl (C=O) groups excluding carboxylic acids is 1. The number of amides is 1. The highest BCUT2D eigenvalue weighted by molar-refractivity contribution is 7.89. The number of benzene rings is 2. The van der Waals surface area contributed by atoms with Gasteiger partial charge in [0.15, 0.2) is 0 Å². The molecule has 5 nitrogen and oxygen atoms in total. The Kier molecular flexibility index (Phi) is 6.65. The van der Waals surface area contributed by atoms with E-state index in [2.05, 4.69) is 10.8 Å². The first-order chi connectivity index (χ1) is 13.5. The van der Waals surface area contributed by atoms with Crippen LogP contribution in [0.3, 0.4) is 0 Å². The molecule has 0 radical (unpaired) electrons. The van der Waals surface area contributed by atoms with E-state index in [4.69, 9.17) is 0 Å². The van der Waals surface area contributed by atoms with Gasteiger partial charge in [-0.3, -0.25) is 4.79 Å². The molecule has 0 bridgehead atoms. The first kappa shape index (κ1) is 20.3. The van der Waals surface area contributed by atoms with Gasteiger partial charge in [0, 0.05) is 24.8 Å². The third-order valence-corrected chi connectivity index (χ3v) is 6.42. The van der Waals surface area contributed by atoms with Gasteiger partial charge in [-0.15, -0.1) is 0 Å². The number of sulfonamides is 1. The standard InChI is InChI=1S/C22H26N2O3S/c1-24(20-12-6-3-7-13-20)22(25)19-11-8-14-21(17-19)28(26,27)23-16-15-18-9-4-2-5-10-18/h3,6-9,11-14,17,23H,2,4-5,10,15-16H2,1H3. The minimum Gasteiger partial charge on any atom is -0.311 e. The molecule has 1 amide bonds. The summed E-state index contributed by atoms with van der Waals surface area (Å²) < 4.78 is 27.9. The normalized spacial score (nSPS) is 14.4. The molecule has 0 fully saturated rings. The number of nitrogens with one attached hydrogen (secondary N) is 1. The van der Waals surface area contributed by atoms with Crippen molar-refractivity contribution in [1.82, 2.24) is 4.72 Å². The van der Waals surface area contributed by atoms with Gasteiger partial charge in [-0.2, -0.15) is 0 Å². The number of nitrogens with zero attached hydrogens (tertiary/aromatic N) is 1. The lowest BCUT2D eigenvalue weighted by Gasteiger charge is -2.18. The second-order valence-electron chi connectivity index (χ2n) is 6.98. The van der Waals surface area contributed by atoms with E-state index >= 15 is 0 Å². The maximum Gasteiger partial charge on any atom is 0.258 e. The van der Waals surface area contributed by atoms with Crippen LogP contribution in [0, 0.1) is 0 Å². The summed E-state index contributed by atoms with van der Waals surface area (Å²) >= 11 is 0. The minimum absolute atomic E-state index is 0.109. The molecule has 1 N–H and O–H groups in total. The Morgan fingerprint density at radius 2 is 1.86 bits per heavy atom. The average molecular weight is 399 g/mol. The molecule has 0 saturated carbocycles. The van der Waals surface area contributed by atoms with E-state index in [0.717, 1.165) is 24.9 Å². The van der Waals surface area contributed by atoms with Gasteiger partial charge in [-0.25, -0.2) is 13.1 Å². The summed E-state index contributed by atoms with van der Waals surface area (Å²) in [6.07, 6.45) is 7.48. The topological polar surface area (TPSA) is 66.5 Å². The molecule has 28 heavy (non-hydrogen) atoms. The van der Waals surface area contributed by atoms with Gasteiger partial charge in [0.05, 0.1) is 4.90 Å². The van der Waals surface area contributed by atoms with E-state index < -0.39 is 10.0 Å². The monoisotopic (exact) mass is 398 g/mol. The van der Waals surface area contributed by atoms with Crippen molar-refractivity contribution >= 4 is 21.6 Å². The van der Waals surface area contributed by atoms with Crippen LogP contribution in [-0.2, 0) is 10.0 Å². The van der Waals surface area contributed by atoms with E-state index in [0.29, 0.717) is 12.1 Å². The van der Waals surface area contributed by atoms with E-state index in [1.165, 1.54) is 35.4 Å². The van der Waals surface area contributed by atoms with Crippen LogP contribution in [0.5, 0.6) is 0 Å². The van der Waals surface area contributed by atoms with Crippen molar-refractivity contribution in [1.29, 1.82) is 0 Å². The zero-order valence-corrected chi connectivity index (χ0v) is 16.9.